The Labute approximate surface area is 158 Å². The molecular weight excluding hydrogens is 336 g/mol. The first-order chi connectivity index (χ1) is 13.3. The zero-order valence-electron chi connectivity index (χ0n) is 15.1. The summed E-state index contributed by atoms with van der Waals surface area (Å²) in [5.41, 5.74) is 4.51. The smallest absolute Gasteiger partial charge is 0.340 e. The van der Waals surface area contributed by atoms with Crippen molar-refractivity contribution >= 4 is 16.9 Å². The van der Waals surface area contributed by atoms with Crippen LogP contribution < -0.4 is 0 Å². The molecule has 0 atom stereocenters. The Kier molecular flexibility index (Phi) is 4.71. The van der Waals surface area contributed by atoms with E-state index in [1.165, 1.54) is 0 Å². The number of benzene rings is 2. The van der Waals surface area contributed by atoms with Gasteiger partial charge in [-0.05, 0) is 24.1 Å². The molecule has 134 valence electrons. The van der Waals surface area contributed by atoms with E-state index >= 15 is 0 Å². The van der Waals surface area contributed by atoms with Crippen LogP contribution in [-0.2, 0) is 11.3 Å². The van der Waals surface area contributed by atoms with Gasteiger partial charge in [-0.25, -0.2) is 4.79 Å². The highest BCUT2D eigenvalue weighted by molar-refractivity contribution is 6.10. The summed E-state index contributed by atoms with van der Waals surface area (Å²) < 4.78 is 7.54. The molecule has 4 nitrogen and oxygen atoms in total. The van der Waals surface area contributed by atoms with Crippen LogP contribution >= 0.6 is 0 Å². The van der Waals surface area contributed by atoms with Crippen LogP contribution in [-0.4, -0.2) is 22.1 Å². The monoisotopic (exact) mass is 356 g/mol. The van der Waals surface area contributed by atoms with Crippen molar-refractivity contribution in [1.82, 2.24) is 9.55 Å². The predicted octanol–water partition coefficient (Wildman–Crippen LogP) is 4.93. The second-order valence-corrected chi connectivity index (χ2v) is 6.27. The lowest BCUT2D eigenvalue weighted by atomic mass is 10.1. The lowest BCUT2D eigenvalue weighted by Gasteiger charge is -2.12. The number of pyridine rings is 1. The van der Waals surface area contributed by atoms with Crippen LogP contribution in [0.25, 0.3) is 22.2 Å². The van der Waals surface area contributed by atoms with E-state index in [9.17, 15) is 4.79 Å². The van der Waals surface area contributed by atoms with Gasteiger partial charge in [0.1, 0.15) is 0 Å². The highest BCUT2D eigenvalue weighted by atomic mass is 16.5. The van der Waals surface area contributed by atoms with Crippen LogP contribution in [0.15, 0.2) is 79.1 Å². The van der Waals surface area contributed by atoms with Gasteiger partial charge in [0.25, 0.3) is 0 Å². The van der Waals surface area contributed by atoms with Crippen molar-refractivity contribution in [3.05, 3.63) is 90.3 Å². The SMILES string of the molecule is CCOC(=O)c1c(-c2ccccc2)n(Cc2ccccc2)c2cnccc12. The minimum atomic E-state index is -0.306. The molecule has 4 aromatic rings. The van der Waals surface area contributed by atoms with Crippen molar-refractivity contribution < 1.29 is 9.53 Å². The van der Waals surface area contributed by atoms with Gasteiger partial charge in [0.15, 0.2) is 0 Å². The molecule has 4 heteroatoms. The first kappa shape index (κ1) is 17.0. The van der Waals surface area contributed by atoms with E-state index in [0.717, 1.165) is 27.7 Å². The number of aromatic nitrogens is 2. The molecule has 0 bridgehead atoms. The first-order valence-electron chi connectivity index (χ1n) is 9.02. The lowest BCUT2D eigenvalue weighted by Crippen LogP contribution is -2.08. The number of fused-ring (bicyclic) bond motifs is 1. The zero-order chi connectivity index (χ0) is 18.6. The van der Waals surface area contributed by atoms with Crippen molar-refractivity contribution in [3.63, 3.8) is 0 Å². The van der Waals surface area contributed by atoms with Crippen molar-refractivity contribution in [2.45, 2.75) is 13.5 Å². The van der Waals surface area contributed by atoms with Gasteiger partial charge in [-0.3, -0.25) is 4.98 Å². The maximum Gasteiger partial charge on any atom is 0.340 e. The van der Waals surface area contributed by atoms with Gasteiger partial charge in [-0.15, -0.1) is 0 Å². The molecule has 0 radical (unpaired) electrons. The molecule has 0 unspecified atom stereocenters. The maximum absolute atomic E-state index is 12.9. The quantitative estimate of drug-likeness (QED) is 0.476. The Bertz CT molecular complexity index is 1070. The number of esters is 1. The van der Waals surface area contributed by atoms with Crippen LogP contribution in [0.1, 0.15) is 22.8 Å². The third-order valence-electron chi connectivity index (χ3n) is 4.58. The molecule has 0 aliphatic heterocycles. The van der Waals surface area contributed by atoms with Gasteiger partial charge in [0.2, 0.25) is 0 Å². The number of ether oxygens (including phenoxy) is 1. The van der Waals surface area contributed by atoms with Crippen LogP contribution in [0.3, 0.4) is 0 Å². The fourth-order valence-electron chi connectivity index (χ4n) is 3.43. The highest BCUT2D eigenvalue weighted by Crippen LogP contribution is 2.34. The number of nitrogens with zero attached hydrogens (tertiary/aromatic N) is 2. The maximum atomic E-state index is 12.9. The Morgan fingerprint density at radius 3 is 2.41 bits per heavy atom. The molecular formula is C23H20N2O2. The summed E-state index contributed by atoms with van der Waals surface area (Å²) in [4.78, 5) is 17.2. The first-order valence-corrected chi connectivity index (χ1v) is 9.02. The van der Waals surface area contributed by atoms with Crippen LogP contribution in [0.4, 0.5) is 0 Å². The fourth-order valence-corrected chi connectivity index (χ4v) is 3.43. The van der Waals surface area contributed by atoms with E-state index < -0.39 is 0 Å². The summed E-state index contributed by atoms with van der Waals surface area (Å²) in [6.07, 6.45) is 3.53. The van der Waals surface area contributed by atoms with Gasteiger partial charge >= 0.3 is 5.97 Å². The second-order valence-electron chi connectivity index (χ2n) is 6.27. The molecule has 0 amide bonds. The molecule has 0 N–H and O–H groups in total. The third-order valence-corrected chi connectivity index (χ3v) is 4.58. The van der Waals surface area contributed by atoms with Crippen LogP contribution in [0.2, 0.25) is 0 Å². The molecule has 0 saturated carbocycles. The summed E-state index contributed by atoms with van der Waals surface area (Å²) in [6.45, 7) is 2.81. The van der Waals surface area contributed by atoms with Crippen molar-refractivity contribution in [3.8, 4) is 11.3 Å². The third kappa shape index (κ3) is 3.22. The molecule has 2 aromatic heterocycles. The Balaban J connectivity index is 2.01. The Morgan fingerprint density at radius 2 is 1.70 bits per heavy atom. The zero-order valence-corrected chi connectivity index (χ0v) is 15.1. The standard InChI is InChI=1S/C23H20N2O2/c1-2-27-23(26)21-19-13-14-24-15-20(19)25(16-17-9-5-3-6-10-17)22(21)18-11-7-4-8-12-18/h3-15H,2,16H2,1H3. The van der Waals surface area contributed by atoms with E-state index in [4.69, 9.17) is 4.74 Å². The average molecular weight is 356 g/mol. The summed E-state index contributed by atoms with van der Waals surface area (Å²) in [5.74, 6) is -0.306. The van der Waals surface area contributed by atoms with Gasteiger partial charge in [0, 0.05) is 18.1 Å². The predicted molar refractivity (Wildman–Crippen MR) is 107 cm³/mol. The number of rotatable bonds is 5. The number of hydrogen-bond donors (Lipinski definition) is 0. The fraction of sp³-hybridized carbons (Fsp3) is 0.130. The molecule has 4 rings (SSSR count). The Hall–Kier alpha value is -3.40. The number of carbonyl (C=O) groups is 1. The Morgan fingerprint density at radius 1 is 1.00 bits per heavy atom. The lowest BCUT2D eigenvalue weighted by molar-refractivity contribution is 0.0529. The van der Waals surface area contributed by atoms with Crippen molar-refractivity contribution in [2.75, 3.05) is 6.61 Å². The molecule has 27 heavy (non-hydrogen) atoms. The van der Waals surface area contributed by atoms with E-state index in [0.29, 0.717) is 18.7 Å². The van der Waals surface area contributed by atoms with Gasteiger partial charge < -0.3 is 9.30 Å². The molecule has 0 spiro atoms. The van der Waals surface area contributed by atoms with E-state index in [2.05, 4.69) is 21.7 Å². The molecule has 2 aromatic carbocycles. The number of hydrogen-bond acceptors (Lipinski definition) is 3. The van der Waals surface area contributed by atoms with Gasteiger partial charge in [0.05, 0.1) is 29.6 Å². The second kappa shape index (κ2) is 7.46. The topological polar surface area (TPSA) is 44.1 Å². The summed E-state index contributed by atoms with van der Waals surface area (Å²) in [7, 11) is 0. The molecule has 0 saturated heterocycles. The summed E-state index contributed by atoms with van der Waals surface area (Å²) in [5, 5.41) is 0.859. The highest BCUT2D eigenvalue weighted by Gasteiger charge is 2.24. The summed E-state index contributed by atoms with van der Waals surface area (Å²) >= 11 is 0. The average Bonchev–Trinajstić information content (AvgIpc) is 3.04. The minimum absolute atomic E-state index is 0.306. The summed E-state index contributed by atoms with van der Waals surface area (Å²) in [6, 6.07) is 22.1. The van der Waals surface area contributed by atoms with Crippen molar-refractivity contribution in [2.24, 2.45) is 0 Å². The number of carbonyl (C=O) groups excluding carboxylic acids is 1. The largest absolute Gasteiger partial charge is 0.462 e. The van der Waals surface area contributed by atoms with Crippen LogP contribution in [0, 0.1) is 0 Å². The molecule has 0 aliphatic rings. The van der Waals surface area contributed by atoms with E-state index in [1.807, 2.05) is 67.7 Å². The van der Waals surface area contributed by atoms with E-state index in [-0.39, 0.29) is 5.97 Å². The molecule has 0 aliphatic carbocycles. The molecule has 0 fully saturated rings. The van der Waals surface area contributed by atoms with Crippen LogP contribution in [0.5, 0.6) is 0 Å². The molecule has 2 heterocycles. The van der Waals surface area contributed by atoms with E-state index in [1.54, 1.807) is 6.20 Å². The van der Waals surface area contributed by atoms with Gasteiger partial charge in [-0.2, -0.15) is 0 Å². The van der Waals surface area contributed by atoms with Gasteiger partial charge in [-0.1, -0.05) is 60.7 Å². The van der Waals surface area contributed by atoms with Crippen molar-refractivity contribution in [1.29, 1.82) is 0 Å². The normalized spacial score (nSPS) is 10.9. The minimum Gasteiger partial charge on any atom is -0.462 e.